The Balaban J connectivity index is 4.75. The van der Waals surface area contributed by atoms with Crippen molar-refractivity contribution in [3.8, 4) is 0 Å². The summed E-state index contributed by atoms with van der Waals surface area (Å²) < 4.78 is 0. The van der Waals surface area contributed by atoms with Gasteiger partial charge in [-0.3, -0.25) is 14.7 Å². The molecule has 0 bridgehead atoms. The van der Waals surface area contributed by atoms with Crippen LogP contribution in [0.4, 0.5) is 0 Å². The van der Waals surface area contributed by atoms with Crippen molar-refractivity contribution in [2.45, 2.75) is 13.3 Å². The summed E-state index contributed by atoms with van der Waals surface area (Å²) in [5.41, 5.74) is 28.7. The van der Waals surface area contributed by atoms with Gasteiger partial charge in [-0.2, -0.15) is 0 Å². The zero-order valence-corrected chi connectivity index (χ0v) is 24.1. The lowest BCUT2D eigenvalue weighted by Crippen LogP contribution is -2.46. The highest BCUT2D eigenvalue weighted by molar-refractivity contribution is 4.70. The summed E-state index contributed by atoms with van der Waals surface area (Å²) in [5, 5.41) is 10.5. The Hall–Kier alpha value is -0.480. The number of rotatable bonds is 30. The third-order valence-corrected chi connectivity index (χ3v) is 6.40. The quantitative estimate of drug-likeness (QED) is 0.0423. The van der Waals surface area contributed by atoms with E-state index in [1.54, 1.807) is 0 Å². The van der Waals surface area contributed by atoms with Gasteiger partial charge >= 0.3 is 0 Å². The van der Waals surface area contributed by atoms with Crippen LogP contribution in [0.3, 0.4) is 0 Å². The summed E-state index contributed by atoms with van der Waals surface area (Å²) >= 11 is 0. The summed E-state index contributed by atoms with van der Waals surface area (Å²) in [7, 11) is 0. The topological polar surface area (TPSA) is 179 Å². The lowest BCUT2D eigenvalue weighted by molar-refractivity contribution is 0.178. The van der Waals surface area contributed by atoms with E-state index in [-0.39, 0.29) is 0 Å². The average Bonchev–Trinajstić information content (AvgIpc) is 2.89. The van der Waals surface area contributed by atoms with E-state index >= 15 is 0 Å². The smallest absolute Gasteiger partial charge is 0.0110 e. The third kappa shape index (κ3) is 23.2. The molecular formula is C25H64N12. The zero-order chi connectivity index (χ0) is 27.4. The van der Waals surface area contributed by atoms with Gasteiger partial charge in [-0.15, -0.1) is 0 Å². The molecule has 0 aliphatic rings. The molecule has 0 rings (SSSR count). The first-order chi connectivity index (χ1) is 18.1. The minimum absolute atomic E-state index is 0.664. The standard InChI is InChI=1S/C25H64N12/c1-2-14-34(15-5-28)18-12-33-13-20-36(19-10-31-8-3-26)23-25-37(21-11-32-9-4-27)24-22-35(16-6-29)17-7-30/h31-33H,2-30H2,1H3. The molecule has 0 radical (unpaired) electrons. The molecule has 0 fully saturated rings. The normalized spacial score (nSPS) is 12.2. The van der Waals surface area contributed by atoms with Gasteiger partial charge in [0, 0.05) is 144 Å². The van der Waals surface area contributed by atoms with E-state index in [0.29, 0.717) is 26.2 Å². The molecule has 12 nitrogen and oxygen atoms in total. The van der Waals surface area contributed by atoms with Crippen LogP contribution in [0.2, 0.25) is 0 Å². The molecule has 0 aromatic rings. The van der Waals surface area contributed by atoms with Crippen molar-refractivity contribution in [1.29, 1.82) is 0 Å². The summed E-state index contributed by atoms with van der Waals surface area (Å²) in [6.07, 6.45) is 1.16. The van der Waals surface area contributed by atoms with Gasteiger partial charge in [-0.05, 0) is 13.0 Å². The Kier molecular flexibility index (Phi) is 28.2. The van der Waals surface area contributed by atoms with E-state index in [9.17, 15) is 0 Å². The molecule has 0 aromatic carbocycles. The Labute approximate surface area is 228 Å². The largest absolute Gasteiger partial charge is 0.329 e. The number of hydrogen-bond donors (Lipinski definition) is 8. The molecule has 37 heavy (non-hydrogen) atoms. The van der Waals surface area contributed by atoms with Crippen LogP contribution in [0.5, 0.6) is 0 Å². The second-order valence-corrected chi connectivity index (χ2v) is 9.56. The van der Waals surface area contributed by atoms with E-state index in [1.807, 2.05) is 0 Å². The fraction of sp³-hybridized carbons (Fsp3) is 1.00. The maximum atomic E-state index is 5.81. The number of nitrogens with one attached hydrogen (secondary N) is 3. The minimum Gasteiger partial charge on any atom is -0.329 e. The van der Waals surface area contributed by atoms with Gasteiger partial charge in [0.25, 0.3) is 0 Å². The third-order valence-electron chi connectivity index (χ3n) is 6.40. The molecule has 0 unspecified atom stereocenters. The molecule has 0 amide bonds. The van der Waals surface area contributed by atoms with Crippen LogP contribution in [0.25, 0.3) is 0 Å². The summed E-state index contributed by atoms with van der Waals surface area (Å²) in [4.78, 5) is 9.91. The average molecular weight is 533 g/mol. The number of hydrogen-bond acceptors (Lipinski definition) is 12. The summed E-state index contributed by atoms with van der Waals surface area (Å²) in [6, 6.07) is 0. The molecule has 224 valence electrons. The molecule has 0 saturated carbocycles. The lowest BCUT2D eigenvalue weighted by Gasteiger charge is -2.30. The van der Waals surface area contributed by atoms with Gasteiger partial charge in [0.15, 0.2) is 0 Å². The second-order valence-electron chi connectivity index (χ2n) is 9.56. The van der Waals surface area contributed by atoms with Crippen molar-refractivity contribution in [2.75, 3.05) is 151 Å². The molecule has 13 N–H and O–H groups in total. The van der Waals surface area contributed by atoms with Crippen molar-refractivity contribution in [1.82, 2.24) is 35.6 Å². The van der Waals surface area contributed by atoms with Crippen molar-refractivity contribution in [3.63, 3.8) is 0 Å². The maximum absolute atomic E-state index is 5.81. The molecule has 0 aliphatic carbocycles. The van der Waals surface area contributed by atoms with E-state index < -0.39 is 0 Å². The van der Waals surface area contributed by atoms with Crippen molar-refractivity contribution >= 4 is 0 Å². The van der Waals surface area contributed by atoms with Crippen molar-refractivity contribution < 1.29 is 0 Å². The van der Waals surface area contributed by atoms with Crippen LogP contribution < -0.4 is 44.6 Å². The van der Waals surface area contributed by atoms with Crippen LogP contribution in [-0.2, 0) is 0 Å². The Morgan fingerprint density at radius 3 is 0.973 bits per heavy atom. The summed E-state index contributed by atoms with van der Waals surface area (Å²) in [6.45, 7) is 23.2. The fourth-order valence-electron chi connectivity index (χ4n) is 4.30. The van der Waals surface area contributed by atoms with Crippen LogP contribution in [-0.4, -0.2) is 170 Å². The molecule has 12 heteroatoms. The number of nitrogens with zero attached hydrogens (tertiary/aromatic N) is 4. The van der Waals surface area contributed by atoms with Gasteiger partial charge in [-0.25, -0.2) is 0 Å². The first-order valence-electron chi connectivity index (χ1n) is 14.7. The predicted molar refractivity (Wildman–Crippen MR) is 160 cm³/mol. The van der Waals surface area contributed by atoms with Crippen LogP contribution in [0, 0.1) is 0 Å². The monoisotopic (exact) mass is 533 g/mol. The molecule has 0 atom stereocenters. The molecule has 0 aliphatic heterocycles. The van der Waals surface area contributed by atoms with E-state index in [1.165, 1.54) is 0 Å². The van der Waals surface area contributed by atoms with Crippen LogP contribution in [0.15, 0.2) is 0 Å². The minimum atomic E-state index is 0.664. The van der Waals surface area contributed by atoms with E-state index in [0.717, 1.165) is 131 Å². The second kappa shape index (κ2) is 28.5. The van der Waals surface area contributed by atoms with Gasteiger partial charge in [-0.1, -0.05) is 6.92 Å². The maximum Gasteiger partial charge on any atom is 0.0110 e. The highest BCUT2D eigenvalue weighted by atomic mass is 15.2. The Morgan fingerprint density at radius 2 is 0.649 bits per heavy atom. The molecular weight excluding hydrogens is 468 g/mol. The first-order valence-corrected chi connectivity index (χ1v) is 14.7. The SMILES string of the molecule is CCCN(CCN)CCNCCN(CCNCCN)CCN(CCNCCN)CCN(CCN)CCN. The Morgan fingerprint density at radius 1 is 0.351 bits per heavy atom. The molecule has 0 aromatic heterocycles. The fourth-order valence-corrected chi connectivity index (χ4v) is 4.30. The number of nitrogens with two attached hydrogens (primary N) is 5. The zero-order valence-electron chi connectivity index (χ0n) is 24.1. The van der Waals surface area contributed by atoms with Crippen LogP contribution >= 0.6 is 0 Å². The van der Waals surface area contributed by atoms with Crippen molar-refractivity contribution in [2.24, 2.45) is 28.7 Å². The van der Waals surface area contributed by atoms with Gasteiger partial charge in [0.2, 0.25) is 0 Å². The van der Waals surface area contributed by atoms with E-state index in [2.05, 4.69) is 42.5 Å². The van der Waals surface area contributed by atoms with E-state index in [4.69, 9.17) is 28.7 Å². The van der Waals surface area contributed by atoms with Crippen LogP contribution in [0.1, 0.15) is 13.3 Å². The van der Waals surface area contributed by atoms with Gasteiger partial charge in [0.1, 0.15) is 0 Å². The van der Waals surface area contributed by atoms with Gasteiger partial charge in [0.05, 0.1) is 0 Å². The molecule has 0 saturated heterocycles. The van der Waals surface area contributed by atoms with Gasteiger partial charge < -0.3 is 49.5 Å². The highest BCUT2D eigenvalue weighted by Gasteiger charge is 2.12. The Bertz CT molecular complexity index is 434. The van der Waals surface area contributed by atoms with Crippen molar-refractivity contribution in [3.05, 3.63) is 0 Å². The molecule has 0 heterocycles. The molecule has 0 spiro atoms. The first kappa shape index (κ1) is 36.5. The predicted octanol–water partition coefficient (Wildman–Crippen LogP) is -3.83. The highest BCUT2D eigenvalue weighted by Crippen LogP contribution is 1.96. The lowest BCUT2D eigenvalue weighted by atomic mass is 10.3. The summed E-state index contributed by atoms with van der Waals surface area (Å²) in [5.74, 6) is 0.